The van der Waals surface area contributed by atoms with E-state index in [0.29, 0.717) is 18.4 Å². The highest BCUT2D eigenvalue weighted by Crippen LogP contribution is 2.46. The molecule has 2 aromatic carbocycles. The maximum atomic E-state index is 13.4. The Kier molecular flexibility index (Phi) is 6.00. The Morgan fingerprint density at radius 2 is 1.53 bits per heavy atom. The lowest BCUT2D eigenvalue weighted by atomic mass is 9.90. The molecule has 0 saturated heterocycles. The minimum absolute atomic E-state index is 0.0226. The van der Waals surface area contributed by atoms with E-state index in [4.69, 9.17) is 9.47 Å². The SMILES string of the molecule is COC(=O)c1cc(C(=O)OC)cc(N2C(=O)C(O)=C(C(=O)C3CC3)[C@H]2c2cc(C)ccc2C)c1. The van der Waals surface area contributed by atoms with Crippen molar-refractivity contribution in [2.75, 3.05) is 19.1 Å². The van der Waals surface area contributed by atoms with Crippen LogP contribution >= 0.6 is 0 Å². The number of amides is 1. The molecule has 8 nitrogen and oxygen atoms in total. The standard InChI is InChI=1S/C26H25NO7/c1-13-5-6-14(2)19(9-13)21-20(22(28)15-7-8-15)23(29)24(30)27(21)18-11-16(25(31)33-3)10-17(12-18)26(32)34-4/h5-6,9-12,15,21,29H,7-8H2,1-4H3/t21-/m1/s1. The third-order valence-corrected chi connectivity index (χ3v) is 6.19. The van der Waals surface area contributed by atoms with Gasteiger partial charge in [-0.05, 0) is 56.0 Å². The molecule has 4 rings (SSSR count). The van der Waals surface area contributed by atoms with Crippen molar-refractivity contribution in [2.24, 2.45) is 5.92 Å². The second-order valence-corrected chi connectivity index (χ2v) is 8.59. The van der Waals surface area contributed by atoms with Crippen molar-refractivity contribution in [1.29, 1.82) is 0 Å². The molecule has 1 aliphatic heterocycles. The number of Topliss-reactive ketones (excluding diaryl/α,β-unsaturated/α-hetero) is 1. The summed E-state index contributed by atoms with van der Waals surface area (Å²) in [5.41, 5.74) is 2.64. The Morgan fingerprint density at radius 3 is 2.06 bits per heavy atom. The van der Waals surface area contributed by atoms with Crippen molar-refractivity contribution in [3.63, 3.8) is 0 Å². The first kappa shape index (κ1) is 23.2. The maximum Gasteiger partial charge on any atom is 0.337 e. The fraction of sp³-hybridized carbons (Fsp3) is 0.308. The van der Waals surface area contributed by atoms with Crippen molar-refractivity contribution >= 4 is 29.3 Å². The van der Waals surface area contributed by atoms with Gasteiger partial charge in [-0.25, -0.2) is 9.59 Å². The Bertz CT molecular complexity index is 1220. The van der Waals surface area contributed by atoms with Gasteiger partial charge in [-0.3, -0.25) is 14.5 Å². The maximum absolute atomic E-state index is 13.4. The van der Waals surface area contributed by atoms with Gasteiger partial charge in [-0.2, -0.15) is 0 Å². The molecule has 2 aliphatic rings. The van der Waals surface area contributed by atoms with Gasteiger partial charge in [0, 0.05) is 11.6 Å². The molecule has 1 amide bonds. The van der Waals surface area contributed by atoms with Crippen LogP contribution in [0.3, 0.4) is 0 Å². The molecule has 2 aromatic rings. The molecular weight excluding hydrogens is 438 g/mol. The van der Waals surface area contributed by atoms with Crippen LogP contribution < -0.4 is 4.90 Å². The number of carbonyl (C=O) groups excluding carboxylic acids is 4. The molecular formula is C26H25NO7. The molecule has 0 radical (unpaired) electrons. The van der Waals surface area contributed by atoms with Crippen LogP contribution in [0.5, 0.6) is 0 Å². The fourth-order valence-electron chi connectivity index (χ4n) is 4.26. The molecule has 1 atom stereocenters. The number of hydrogen-bond acceptors (Lipinski definition) is 7. The molecule has 0 bridgehead atoms. The number of aliphatic hydroxyl groups excluding tert-OH is 1. The minimum atomic E-state index is -0.918. The summed E-state index contributed by atoms with van der Waals surface area (Å²) >= 11 is 0. The molecule has 1 fully saturated rings. The van der Waals surface area contributed by atoms with Crippen molar-refractivity contribution in [3.8, 4) is 0 Å². The zero-order valence-electron chi connectivity index (χ0n) is 19.4. The number of ketones is 1. The van der Waals surface area contributed by atoms with Crippen LogP contribution in [0.25, 0.3) is 0 Å². The fourth-order valence-corrected chi connectivity index (χ4v) is 4.26. The zero-order valence-corrected chi connectivity index (χ0v) is 19.4. The number of aryl methyl sites for hydroxylation is 2. The second-order valence-electron chi connectivity index (χ2n) is 8.59. The van der Waals surface area contributed by atoms with E-state index >= 15 is 0 Å². The van der Waals surface area contributed by atoms with Gasteiger partial charge in [-0.1, -0.05) is 23.8 Å². The van der Waals surface area contributed by atoms with Gasteiger partial charge < -0.3 is 14.6 Å². The second kappa shape index (κ2) is 8.78. The predicted octanol–water partition coefficient (Wildman–Crippen LogP) is 3.76. The third kappa shape index (κ3) is 3.96. The molecule has 0 spiro atoms. The van der Waals surface area contributed by atoms with Crippen LogP contribution in [-0.4, -0.2) is 43.0 Å². The number of nitrogens with zero attached hydrogens (tertiary/aromatic N) is 1. The summed E-state index contributed by atoms with van der Waals surface area (Å²) in [4.78, 5) is 52.5. The summed E-state index contributed by atoms with van der Waals surface area (Å²) in [5, 5.41) is 10.9. The topological polar surface area (TPSA) is 110 Å². The van der Waals surface area contributed by atoms with Crippen LogP contribution in [-0.2, 0) is 19.1 Å². The Morgan fingerprint density at radius 1 is 0.941 bits per heavy atom. The normalized spacial score (nSPS) is 17.7. The van der Waals surface area contributed by atoms with Crippen LogP contribution in [0.1, 0.15) is 56.3 Å². The molecule has 1 aliphatic carbocycles. The summed E-state index contributed by atoms with van der Waals surface area (Å²) in [6.07, 6.45) is 1.40. The van der Waals surface area contributed by atoms with E-state index in [2.05, 4.69) is 0 Å². The molecule has 1 heterocycles. The highest BCUT2D eigenvalue weighted by Gasteiger charge is 2.48. The van der Waals surface area contributed by atoms with E-state index in [1.807, 2.05) is 32.0 Å². The van der Waals surface area contributed by atoms with Crippen molar-refractivity contribution in [2.45, 2.75) is 32.7 Å². The van der Waals surface area contributed by atoms with Gasteiger partial charge in [0.25, 0.3) is 5.91 Å². The van der Waals surface area contributed by atoms with Gasteiger partial charge >= 0.3 is 11.9 Å². The molecule has 1 N–H and O–H groups in total. The van der Waals surface area contributed by atoms with Crippen LogP contribution in [0.15, 0.2) is 47.7 Å². The highest BCUT2D eigenvalue weighted by atomic mass is 16.5. The number of methoxy groups -OCH3 is 2. The molecule has 176 valence electrons. The quantitative estimate of drug-likeness (QED) is 0.650. The van der Waals surface area contributed by atoms with Crippen molar-refractivity contribution in [1.82, 2.24) is 0 Å². The van der Waals surface area contributed by atoms with Gasteiger partial charge in [0.15, 0.2) is 11.5 Å². The van der Waals surface area contributed by atoms with E-state index in [-0.39, 0.29) is 34.1 Å². The van der Waals surface area contributed by atoms with E-state index in [1.54, 1.807) is 0 Å². The van der Waals surface area contributed by atoms with E-state index < -0.39 is 29.6 Å². The van der Waals surface area contributed by atoms with Gasteiger partial charge in [0.05, 0.1) is 37.0 Å². The minimum Gasteiger partial charge on any atom is -0.503 e. The highest BCUT2D eigenvalue weighted by molar-refractivity contribution is 6.17. The summed E-state index contributed by atoms with van der Waals surface area (Å²) in [6.45, 7) is 3.75. The lowest BCUT2D eigenvalue weighted by molar-refractivity contribution is -0.118. The third-order valence-electron chi connectivity index (χ3n) is 6.19. The predicted molar refractivity (Wildman–Crippen MR) is 123 cm³/mol. The number of anilines is 1. The number of benzene rings is 2. The number of hydrogen-bond donors (Lipinski definition) is 1. The Hall–Kier alpha value is -3.94. The van der Waals surface area contributed by atoms with Gasteiger partial charge in [0.2, 0.25) is 0 Å². The number of rotatable bonds is 6. The van der Waals surface area contributed by atoms with Crippen LogP contribution in [0, 0.1) is 19.8 Å². The number of ether oxygens (including phenoxy) is 2. The monoisotopic (exact) mass is 463 g/mol. The Labute approximate surface area is 196 Å². The summed E-state index contributed by atoms with van der Waals surface area (Å²) < 4.78 is 9.61. The number of aliphatic hydroxyl groups is 1. The average Bonchev–Trinajstić information content (AvgIpc) is 3.65. The van der Waals surface area contributed by atoms with E-state index in [9.17, 15) is 24.3 Å². The van der Waals surface area contributed by atoms with Crippen LogP contribution in [0.2, 0.25) is 0 Å². The zero-order chi connectivity index (χ0) is 24.7. The first-order chi connectivity index (χ1) is 16.2. The van der Waals surface area contributed by atoms with Crippen LogP contribution in [0.4, 0.5) is 5.69 Å². The number of carbonyl (C=O) groups is 4. The van der Waals surface area contributed by atoms with E-state index in [1.165, 1.54) is 37.3 Å². The molecule has 34 heavy (non-hydrogen) atoms. The van der Waals surface area contributed by atoms with E-state index in [0.717, 1.165) is 11.1 Å². The lowest BCUT2D eigenvalue weighted by Gasteiger charge is -2.29. The summed E-state index contributed by atoms with van der Waals surface area (Å²) in [5.74, 6) is -3.33. The Balaban J connectivity index is 1.95. The summed E-state index contributed by atoms with van der Waals surface area (Å²) in [7, 11) is 2.40. The van der Waals surface area contributed by atoms with Gasteiger partial charge in [-0.15, -0.1) is 0 Å². The van der Waals surface area contributed by atoms with Crippen molar-refractivity contribution in [3.05, 3.63) is 75.5 Å². The molecule has 0 aromatic heterocycles. The smallest absolute Gasteiger partial charge is 0.337 e. The molecule has 8 heteroatoms. The molecule has 0 unspecified atom stereocenters. The largest absolute Gasteiger partial charge is 0.503 e. The van der Waals surface area contributed by atoms with Gasteiger partial charge in [0.1, 0.15) is 0 Å². The summed E-state index contributed by atoms with van der Waals surface area (Å²) in [6, 6.07) is 8.84. The molecule has 1 saturated carbocycles. The first-order valence-electron chi connectivity index (χ1n) is 10.9. The first-order valence-corrected chi connectivity index (χ1v) is 10.9. The number of esters is 2. The average molecular weight is 463 g/mol. The van der Waals surface area contributed by atoms with Crippen molar-refractivity contribution < 1.29 is 33.8 Å². The lowest BCUT2D eigenvalue weighted by Crippen LogP contribution is -2.32.